The highest BCUT2D eigenvalue weighted by Crippen LogP contribution is 2.28. The van der Waals surface area contributed by atoms with Crippen molar-refractivity contribution in [2.45, 2.75) is 36.3 Å². The zero-order valence-electron chi connectivity index (χ0n) is 13.8. The highest BCUT2D eigenvalue weighted by atomic mass is 32.2. The minimum absolute atomic E-state index is 0.0732. The maximum atomic E-state index is 13.0. The summed E-state index contributed by atoms with van der Waals surface area (Å²) in [4.78, 5) is 12.2. The van der Waals surface area contributed by atoms with Crippen molar-refractivity contribution in [1.29, 1.82) is 0 Å². The number of carbonyl (C=O) groups is 1. The van der Waals surface area contributed by atoms with Crippen LogP contribution in [0.4, 0.5) is 0 Å². The smallest absolute Gasteiger partial charge is 0.220 e. The van der Waals surface area contributed by atoms with Crippen LogP contribution in [0.15, 0.2) is 65.6 Å². The molecule has 24 heavy (non-hydrogen) atoms. The fourth-order valence-corrected chi connectivity index (χ4v) is 4.16. The summed E-state index contributed by atoms with van der Waals surface area (Å²) in [6.07, 6.45) is 2.15. The predicted molar refractivity (Wildman–Crippen MR) is 95.3 cm³/mol. The van der Waals surface area contributed by atoms with Crippen LogP contribution in [0, 0.1) is 0 Å². The lowest BCUT2D eigenvalue weighted by molar-refractivity contribution is -0.121. The number of benzene rings is 2. The Morgan fingerprint density at radius 3 is 2.17 bits per heavy atom. The Bertz CT molecular complexity index is 743. The molecule has 1 atom stereocenters. The molecule has 0 unspecified atom stereocenters. The van der Waals surface area contributed by atoms with Gasteiger partial charge in [0.2, 0.25) is 5.91 Å². The zero-order valence-corrected chi connectivity index (χ0v) is 14.6. The van der Waals surface area contributed by atoms with Crippen LogP contribution in [0.2, 0.25) is 0 Å². The molecule has 0 bridgehead atoms. The average molecular weight is 345 g/mol. The molecule has 0 saturated heterocycles. The number of carbonyl (C=O) groups excluding carboxylic acids is 1. The highest BCUT2D eigenvalue weighted by Gasteiger charge is 2.29. The third-order valence-corrected chi connectivity index (χ3v) is 5.98. The van der Waals surface area contributed by atoms with E-state index < -0.39 is 15.1 Å². The van der Waals surface area contributed by atoms with Crippen molar-refractivity contribution >= 4 is 15.7 Å². The van der Waals surface area contributed by atoms with Gasteiger partial charge in [0.05, 0.1) is 4.90 Å². The lowest BCUT2D eigenvalue weighted by Crippen LogP contribution is -2.31. The van der Waals surface area contributed by atoms with Crippen molar-refractivity contribution in [2.75, 3.05) is 6.54 Å². The monoisotopic (exact) mass is 345 g/mol. The van der Waals surface area contributed by atoms with Gasteiger partial charge in [0, 0.05) is 13.0 Å². The number of unbranched alkanes of at least 4 members (excludes halogenated alkanes) is 1. The lowest BCUT2D eigenvalue weighted by Gasteiger charge is -2.19. The van der Waals surface area contributed by atoms with Gasteiger partial charge >= 0.3 is 0 Å². The van der Waals surface area contributed by atoms with Crippen molar-refractivity contribution in [2.24, 2.45) is 0 Å². The number of rotatable bonds is 8. The molecule has 0 saturated carbocycles. The largest absolute Gasteiger partial charge is 0.354 e. The maximum absolute atomic E-state index is 13.0. The van der Waals surface area contributed by atoms with Crippen LogP contribution >= 0.6 is 0 Å². The van der Waals surface area contributed by atoms with Crippen LogP contribution in [-0.4, -0.2) is 20.9 Å². The van der Waals surface area contributed by atoms with E-state index in [4.69, 9.17) is 0 Å². The number of hydrogen-bond donors (Lipinski definition) is 1. The first-order chi connectivity index (χ1) is 11.6. The summed E-state index contributed by atoms with van der Waals surface area (Å²) in [6, 6.07) is 17.4. The van der Waals surface area contributed by atoms with Crippen LogP contribution in [-0.2, 0) is 14.6 Å². The minimum Gasteiger partial charge on any atom is -0.354 e. The molecule has 0 aliphatic carbocycles. The molecule has 2 aromatic carbocycles. The Hall–Kier alpha value is -2.14. The summed E-state index contributed by atoms with van der Waals surface area (Å²) in [6.45, 7) is 2.09. The third kappa shape index (κ3) is 4.68. The summed E-state index contributed by atoms with van der Waals surface area (Å²) < 4.78 is 26.0. The van der Waals surface area contributed by atoms with Gasteiger partial charge in [-0.2, -0.15) is 0 Å². The SMILES string of the molecule is CCCCC(=O)NC[C@H](c1ccccc1)S(=O)(=O)c1ccccc1. The summed E-state index contributed by atoms with van der Waals surface area (Å²) in [5.41, 5.74) is 0.678. The van der Waals surface area contributed by atoms with Gasteiger partial charge in [0.15, 0.2) is 9.84 Å². The Kier molecular flexibility index (Phi) is 6.55. The molecule has 128 valence electrons. The standard InChI is InChI=1S/C19H23NO3S/c1-2-3-14-19(21)20-15-18(16-10-6-4-7-11-16)24(22,23)17-12-8-5-9-13-17/h4-13,18H,2-3,14-15H2,1H3,(H,20,21)/t18-/m1/s1. The second-order valence-electron chi connectivity index (χ2n) is 5.67. The van der Waals surface area contributed by atoms with Gasteiger partial charge < -0.3 is 5.32 Å². The number of hydrogen-bond acceptors (Lipinski definition) is 3. The van der Waals surface area contributed by atoms with Crippen LogP contribution in [0.25, 0.3) is 0 Å². The quantitative estimate of drug-likeness (QED) is 0.796. The molecule has 0 radical (unpaired) electrons. The van der Waals surface area contributed by atoms with Crippen LogP contribution in [0.5, 0.6) is 0 Å². The van der Waals surface area contributed by atoms with E-state index in [1.807, 2.05) is 25.1 Å². The Balaban J connectivity index is 2.26. The van der Waals surface area contributed by atoms with Crippen molar-refractivity contribution in [3.05, 3.63) is 66.2 Å². The van der Waals surface area contributed by atoms with Crippen LogP contribution in [0.1, 0.15) is 37.0 Å². The van der Waals surface area contributed by atoms with Gasteiger partial charge in [-0.3, -0.25) is 4.79 Å². The van der Waals surface area contributed by atoms with E-state index in [1.165, 1.54) is 0 Å². The number of amides is 1. The van der Waals surface area contributed by atoms with E-state index in [1.54, 1.807) is 42.5 Å². The average Bonchev–Trinajstić information content (AvgIpc) is 2.61. The molecular weight excluding hydrogens is 322 g/mol. The first-order valence-corrected chi connectivity index (χ1v) is 9.71. The highest BCUT2D eigenvalue weighted by molar-refractivity contribution is 7.91. The maximum Gasteiger partial charge on any atom is 0.220 e. The van der Waals surface area contributed by atoms with Gasteiger partial charge in [-0.15, -0.1) is 0 Å². The molecule has 5 heteroatoms. The second kappa shape index (κ2) is 8.64. The molecule has 0 aliphatic heterocycles. The van der Waals surface area contributed by atoms with Gasteiger partial charge in [-0.05, 0) is 24.1 Å². The van der Waals surface area contributed by atoms with Crippen molar-refractivity contribution < 1.29 is 13.2 Å². The summed E-state index contributed by atoms with van der Waals surface area (Å²) in [5.74, 6) is -0.110. The molecule has 0 fully saturated rings. The molecule has 2 rings (SSSR count). The van der Waals surface area contributed by atoms with Gasteiger partial charge in [-0.1, -0.05) is 61.9 Å². The van der Waals surface area contributed by atoms with Crippen molar-refractivity contribution in [1.82, 2.24) is 5.32 Å². The Labute approximate surface area is 143 Å². The fraction of sp³-hybridized carbons (Fsp3) is 0.316. The zero-order chi connectivity index (χ0) is 17.4. The van der Waals surface area contributed by atoms with Crippen LogP contribution < -0.4 is 5.32 Å². The van der Waals surface area contributed by atoms with E-state index in [-0.39, 0.29) is 17.3 Å². The van der Waals surface area contributed by atoms with Gasteiger partial charge in [-0.25, -0.2) is 8.42 Å². The Morgan fingerprint density at radius 1 is 1.00 bits per heavy atom. The first kappa shape index (κ1) is 18.2. The van der Waals surface area contributed by atoms with E-state index >= 15 is 0 Å². The molecule has 2 aromatic rings. The lowest BCUT2D eigenvalue weighted by atomic mass is 10.1. The van der Waals surface area contributed by atoms with E-state index in [0.29, 0.717) is 12.0 Å². The normalized spacial score (nSPS) is 12.5. The predicted octanol–water partition coefficient (Wildman–Crippen LogP) is 3.51. The second-order valence-corrected chi connectivity index (χ2v) is 7.80. The first-order valence-electron chi connectivity index (χ1n) is 8.16. The van der Waals surface area contributed by atoms with Gasteiger partial charge in [0.25, 0.3) is 0 Å². The number of nitrogens with one attached hydrogen (secondary N) is 1. The molecule has 0 aromatic heterocycles. The topological polar surface area (TPSA) is 63.2 Å². The van der Waals surface area contributed by atoms with Crippen molar-refractivity contribution in [3.8, 4) is 0 Å². The molecule has 0 spiro atoms. The Morgan fingerprint density at radius 2 is 1.58 bits per heavy atom. The molecule has 1 amide bonds. The fourth-order valence-electron chi connectivity index (χ4n) is 2.48. The molecule has 0 aliphatic rings. The minimum atomic E-state index is -3.59. The molecule has 1 N–H and O–H groups in total. The summed E-state index contributed by atoms with van der Waals surface area (Å²) >= 11 is 0. The van der Waals surface area contributed by atoms with Crippen molar-refractivity contribution in [3.63, 3.8) is 0 Å². The third-order valence-electron chi connectivity index (χ3n) is 3.86. The molecule has 4 nitrogen and oxygen atoms in total. The molecule has 0 heterocycles. The summed E-state index contributed by atoms with van der Waals surface area (Å²) in [7, 11) is -3.59. The van der Waals surface area contributed by atoms with E-state index in [9.17, 15) is 13.2 Å². The van der Waals surface area contributed by atoms with Crippen LogP contribution in [0.3, 0.4) is 0 Å². The number of sulfone groups is 1. The van der Waals surface area contributed by atoms with E-state index in [0.717, 1.165) is 12.8 Å². The molecular formula is C19H23NO3S. The van der Waals surface area contributed by atoms with E-state index in [2.05, 4.69) is 5.32 Å². The summed E-state index contributed by atoms with van der Waals surface area (Å²) in [5, 5.41) is 1.97. The van der Waals surface area contributed by atoms with Gasteiger partial charge in [0.1, 0.15) is 5.25 Å².